The van der Waals surface area contributed by atoms with E-state index >= 15 is 0 Å². The molecule has 1 saturated heterocycles. The molecule has 1 fully saturated rings. The van der Waals surface area contributed by atoms with Crippen molar-refractivity contribution in [2.24, 2.45) is 5.41 Å². The number of hydrogen-bond donors (Lipinski definition) is 1. The predicted molar refractivity (Wildman–Crippen MR) is 135 cm³/mol. The lowest BCUT2D eigenvalue weighted by Crippen LogP contribution is -2.28. The van der Waals surface area contributed by atoms with Gasteiger partial charge in [-0.1, -0.05) is 44.2 Å². The van der Waals surface area contributed by atoms with Gasteiger partial charge in [0.25, 0.3) is 5.91 Å². The van der Waals surface area contributed by atoms with E-state index < -0.39 is 0 Å². The molecule has 0 saturated carbocycles. The molecule has 182 valence electrons. The summed E-state index contributed by atoms with van der Waals surface area (Å²) in [5.74, 6) is 0.00635. The van der Waals surface area contributed by atoms with Crippen LogP contribution in [-0.4, -0.2) is 40.0 Å². The summed E-state index contributed by atoms with van der Waals surface area (Å²) < 4.78 is 7.71. The van der Waals surface area contributed by atoms with Gasteiger partial charge < -0.3 is 15.4 Å². The van der Waals surface area contributed by atoms with E-state index in [0.29, 0.717) is 48.5 Å². The molecular weight excluding hydrogens is 440 g/mol. The van der Waals surface area contributed by atoms with E-state index in [1.807, 2.05) is 41.1 Å². The van der Waals surface area contributed by atoms with Gasteiger partial charge in [0.2, 0.25) is 0 Å². The molecule has 0 bridgehead atoms. The minimum absolute atomic E-state index is 0.106. The first kappa shape index (κ1) is 23.3. The normalized spacial score (nSPS) is 18.9. The number of aromatic nitrogens is 2. The Balaban J connectivity index is 1.49. The van der Waals surface area contributed by atoms with Gasteiger partial charge in [-0.2, -0.15) is 5.10 Å². The van der Waals surface area contributed by atoms with Crippen molar-refractivity contribution in [3.8, 4) is 5.69 Å². The maximum absolute atomic E-state index is 13.2. The standard InChI is InChI=1S/C28H32N4O3/c1-28(2)15-22-25(23(33)16-28)26(24-10-7-13-35-24)30-32(22)21-12-11-19(14-20(21)29)27(34)31(3)17-18-8-5-4-6-9-18/h4-6,8-9,11-12,14,24H,7,10,13,15-17,29H2,1-3H3. The first-order valence-electron chi connectivity index (χ1n) is 12.2. The number of ketones is 1. The van der Waals surface area contributed by atoms with Crippen LogP contribution in [0.15, 0.2) is 48.5 Å². The number of benzene rings is 2. The van der Waals surface area contributed by atoms with E-state index in [9.17, 15) is 9.59 Å². The Morgan fingerprint density at radius 2 is 1.97 bits per heavy atom. The molecular formula is C28H32N4O3. The van der Waals surface area contributed by atoms with Crippen LogP contribution in [0.4, 0.5) is 5.69 Å². The largest absolute Gasteiger partial charge is 0.397 e. The van der Waals surface area contributed by atoms with Crippen LogP contribution in [0.1, 0.15) is 76.9 Å². The first-order valence-corrected chi connectivity index (χ1v) is 12.2. The maximum atomic E-state index is 13.2. The SMILES string of the molecule is CN(Cc1ccccc1)C(=O)c1ccc(-n2nc(C3CCCO3)c3c2CC(C)(C)CC3=O)c(N)c1. The summed E-state index contributed by atoms with van der Waals surface area (Å²) in [6.45, 7) is 5.40. The van der Waals surface area contributed by atoms with Crippen LogP contribution in [0.3, 0.4) is 0 Å². The van der Waals surface area contributed by atoms with Gasteiger partial charge in [-0.25, -0.2) is 4.68 Å². The highest BCUT2D eigenvalue weighted by Gasteiger charge is 2.39. The summed E-state index contributed by atoms with van der Waals surface area (Å²) in [6.07, 6.45) is 2.86. The molecule has 2 aromatic carbocycles. The topological polar surface area (TPSA) is 90.5 Å². The number of nitrogens with two attached hydrogens (primary N) is 1. The van der Waals surface area contributed by atoms with E-state index in [0.717, 1.165) is 29.8 Å². The lowest BCUT2D eigenvalue weighted by Gasteiger charge is -2.29. The van der Waals surface area contributed by atoms with Gasteiger partial charge in [-0.05, 0) is 48.4 Å². The van der Waals surface area contributed by atoms with Crippen LogP contribution in [0.2, 0.25) is 0 Å². The highest BCUT2D eigenvalue weighted by molar-refractivity contribution is 6.00. The fourth-order valence-corrected chi connectivity index (χ4v) is 5.23. The number of carbonyl (C=O) groups excluding carboxylic acids is 2. The molecule has 7 heteroatoms. The molecule has 1 unspecified atom stereocenters. The van der Waals surface area contributed by atoms with Crippen molar-refractivity contribution >= 4 is 17.4 Å². The molecule has 2 heterocycles. The lowest BCUT2D eigenvalue weighted by molar-refractivity contribution is 0.0784. The number of rotatable bonds is 5. The second kappa shape index (κ2) is 8.96. The van der Waals surface area contributed by atoms with Crippen LogP contribution < -0.4 is 5.73 Å². The summed E-state index contributed by atoms with van der Waals surface area (Å²) >= 11 is 0. The quantitative estimate of drug-likeness (QED) is 0.542. The Morgan fingerprint density at radius 3 is 2.66 bits per heavy atom. The predicted octanol–water partition coefficient (Wildman–Crippen LogP) is 4.73. The number of carbonyl (C=O) groups is 2. The second-order valence-corrected chi connectivity index (χ2v) is 10.5. The number of nitrogen functional groups attached to an aromatic ring is 1. The maximum Gasteiger partial charge on any atom is 0.253 e. The fraction of sp³-hybridized carbons (Fsp3) is 0.393. The Kier molecular flexibility index (Phi) is 5.97. The van der Waals surface area contributed by atoms with Gasteiger partial charge in [0.05, 0.1) is 22.6 Å². The Labute approximate surface area is 205 Å². The molecule has 5 rings (SSSR count). The zero-order valence-electron chi connectivity index (χ0n) is 20.6. The lowest BCUT2D eigenvalue weighted by atomic mass is 9.75. The molecule has 1 aliphatic carbocycles. The molecule has 0 spiro atoms. The van der Waals surface area contributed by atoms with Gasteiger partial charge in [0.1, 0.15) is 11.8 Å². The Bertz CT molecular complexity index is 1270. The minimum atomic E-state index is -0.166. The zero-order chi connectivity index (χ0) is 24.7. The smallest absolute Gasteiger partial charge is 0.253 e. The van der Waals surface area contributed by atoms with Crippen molar-refractivity contribution in [2.75, 3.05) is 19.4 Å². The van der Waals surface area contributed by atoms with Crippen molar-refractivity contribution in [3.63, 3.8) is 0 Å². The highest BCUT2D eigenvalue weighted by atomic mass is 16.5. The third-order valence-corrected chi connectivity index (χ3v) is 6.92. The van der Waals surface area contributed by atoms with Gasteiger partial charge in [0.15, 0.2) is 5.78 Å². The minimum Gasteiger partial charge on any atom is -0.397 e. The van der Waals surface area contributed by atoms with Crippen molar-refractivity contribution in [2.45, 2.75) is 52.2 Å². The van der Waals surface area contributed by atoms with E-state index in [1.54, 1.807) is 24.1 Å². The number of ether oxygens (including phenoxy) is 1. The third kappa shape index (κ3) is 4.48. The van der Waals surface area contributed by atoms with Gasteiger partial charge >= 0.3 is 0 Å². The third-order valence-electron chi connectivity index (χ3n) is 6.92. The van der Waals surface area contributed by atoms with Crippen LogP contribution in [0, 0.1) is 5.41 Å². The number of hydrogen-bond acceptors (Lipinski definition) is 5. The first-order chi connectivity index (χ1) is 16.7. The summed E-state index contributed by atoms with van der Waals surface area (Å²) in [6, 6.07) is 15.2. The summed E-state index contributed by atoms with van der Waals surface area (Å²) in [5.41, 5.74) is 11.3. The summed E-state index contributed by atoms with van der Waals surface area (Å²) in [7, 11) is 1.78. The Hall–Kier alpha value is -3.45. The zero-order valence-corrected chi connectivity index (χ0v) is 20.6. The van der Waals surface area contributed by atoms with Crippen molar-refractivity contribution in [3.05, 3.63) is 76.6 Å². The van der Waals surface area contributed by atoms with Crippen LogP contribution in [0.25, 0.3) is 5.69 Å². The van der Waals surface area contributed by atoms with Crippen molar-refractivity contribution in [1.29, 1.82) is 0 Å². The molecule has 7 nitrogen and oxygen atoms in total. The summed E-state index contributed by atoms with van der Waals surface area (Å²) in [5, 5.41) is 4.88. The fourth-order valence-electron chi connectivity index (χ4n) is 5.23. The molecule has 1 amide bonds. The second-order valence-electron chi connectivity index (χ2n) is 10.5. The number of nitrogens with zero attached hydrogens (tertiary/aromatic N) is 3. The number of Topliss-reactive ketones (excluding diaryl/α,β-unsaturated/α-hetero) is 1. The van der Waals surface area contributed by atoms with Crippen molar-refractivity contribution < 1.29 is 14.3 Å². The van der Waals surface area contributed by atoms with Crippen LogP contribution in [0.5, 0.6) is 0 Å². The van der Waals surface area contributed by atoms with E-state index in [1.165, 1.54) is 0 Å². The number of amides is 1. The summed E-state index contributed by atoms with van der Waals surface area (Å²) in [4.78, 5) is 27.9. The van der Waals surface area contributed by atoms with E-state index in [4.69, 9.17) is 15.6 Å². The van der Waals surface area contributed by atoms with Gasteiger partial charge in [-0.3, -0.25) is 9.59 Å². The number of anilines is 1. The number of fused-ring (bicyclic) bond motifs is 1. The molecule has 0 radical (unpaired) electrons. The molecule has 1 atom stereocenters. The molecule has 3 aromatic rings. The molecule has 1 aromatic heterocycles. The average Bonchev–Trinajstić information content (AvgIpc) is 3.47. The molecule has 2 aliphatic rings. The molecule has 2 N–H and O–H groups in total. The highest BCUT2D eigenvalue weighted by Crippen LogP contribution is 2.41. The van der Waals surface area contributed by atoms with Gasteiger partial charge in [0, 0.05) is 32.2 Å². The average molecular weight is 473 g/mol. The molecule has 35 heavy (non-hydrogen) atoms. The molecule has 1 aliphatic heterocycles. The van der Waals surface area contributed by atoms with Gasteiger partial charge in [-0.15, -0.1) is 0 Å². The van der Waals surface area contributed by atoms with Crippen LogP contribution >= 0.6 is 0 Å². The van der Waals surface area contributed by atoms with Crippen LogP contribution in [-0.2, 0) is 17.7 Å². The van der Waals surface area contributed by atoms with Crippen molar-refractivity contribution in [1.82, 2.24) is 14.7 Å². The Morgan fingerprint density at radius 1 is 1.20 bits per heavy atom. The monoisotopic (exact) mass is 472 g/mol. The van der Waals surface area contributed by atoms with E-state index in [2.05, 4.69) is 13.8 Å². The van der Waals surface area contributed by atoms with E-state index in [-0.39, 0.29) is 23.2 Å².